The van der Waals surface area contributed by atoms with Crippen LogP contribution in [0.5, 0.6) is 0 Å². The van der Waals surface area contributed by atoms with E-state index in [4.69, 9.17) is 29.9 Å². The average Bonchev–Trinajstić information content (AvgIpc) is 4.13. The van der Waals surface area contributed by atoms with Gasteiger partial charge in [0.2, 0.25) is 0 Å². The van der Waals surface area contributed by atoms with Gasteiger partial charge in [0, 0.05) is 33.4 Å². The van der Waals surface area contributed by atoms with E-state index in [0.29, 0.717) is 52.0 Å². The smallest absolute Gasteiger partial charge is 0.164 e. The molecule has 0 bridgehead atoms. The Balaban J connectivity index is 0.917. The van der Waals surface area contributed by atoms with Gasteiger partial charge in [0.1, 0.15) is 34.9 Å². The van der Waals surface area contributed by atoms with Crippen LogP contribution in [0.4, 0.5) is 13.2 Å². The van der Waals surface area contributed by atoms with E-state index in [9.17, 15) is 13.2 Å². The zero-order valence-corrected chi connectivity index (χ0v) is 37.9. The lowest BCUT2D eigenvalue weighted by Crippen LogP contribution is -2.01. The topological polar surface area (TPSA) is 92.1 Å². The van der Waals surface area contributed by atoms with Crippen molar-refractivity contribution in [2.45, 2.75) is 0 Å². The molecule has 0 saturated heterocycles. The van der Waals surface area contributed by atoms with Gasteiger partial charge in [-0.1, -0.05) is 127 Å². The van der Waals surface area contributed by atoms with Gasteiger partial charge in [-0.2, -0.15) is 0 Å². The van der Waals surface area contributed by atoms with Crippen LogP contribution in [-0.2, 0) is 0 Å². The summed E-state index contributed by atoms with van der Waals surface area (Å²) in [5.74, 6) is 2.25. The second-order valence-corrected chi connectivity index (χ2v) is 17.3. The Bertz CT molecular complexity index is 3750. The van der Waals surface area contributed by atoms with Crippen molar-refractivity contribution in [3.8, 4) is 85.4 Å². The number of aromatic nitrogens is 9. The van der Waals surface area contributed by atoms with Crippen molar-refractivity contribution in [1.82, 2.24) is 43.6 Å². The molecule has 0 atom stereocenters. The lowest BCUT2D eigenvalue weighted by Gasteiger charge is -2.12. The van der Waals surface area contributed by atoms with Crippen LogP contribution in [0.3, 0.4) is 0 Å². The molecule has 9 aromatic carbocycles. The second kappa shape index (κ2) is 17.3. The van der Waals surface area contributed by atoms with Crippen molar-refractivity contribution in [3.05, 3.63) is 236 Å². The Labute approximate surface area is 409 Å². The molecule has 0 N–H and O–H groups in total. The van der Waals surface area contributed by atoms with Crippen molar-refractivity contribution < 1.29 is 13.2 Å². The average molecular weight is 940 g/mol. The highest BCUT2D eigenvalue weighted by atomic mass is 19.1. The molecule has 0 saturated carbocycles. The van der Waals surface area contributed by atoms with Gasteiger partial charge in [0.05, 0.1) is 50.2 Å². The molecule has 0 aliphatic carbocycles. The Hall–Kier alpha value is -9.81. The molecule has 4 aromatic heterocycles. The first kappa shape index (κ1) is 42.3. The van der Waals surface area contributed by atoms with E-state index in [-0.39, 0.29) is 17.5 Å². The molecule has 12 heteroatoms. The lowest BCUT2D eigenvalue weighted by molar-refractivity contribution is 0.626. The predicted octanol–water partition coefficient (Wildman–Crippen LogP) is 14.3. The largest absolute Gasteiger partial charge is 0.292 e. The third-order valence-electron chi connectivity index (χ3n) is 12.7. The minimum atomic E-state index is -0.343. The number of fused-ring (bicyclic) bond motifs is 3. The van der Waals surface area contributed by atoms with Gasteiger partial charge in [0.25, 0.3) is 0 Å². The highest BCUT2D eigenvalue weighted by Gasteiger charge is 2.20. The molecule has 9 nitrogen and oxygen atoms in total. The summed E-state index contributed by atoms with van der Waals surface area (Å²) < 4.78 is 49.7. The Morgan fingerprint density at radius 2 is 0.514 bits per heavy atom. The third-order valence-corrected chi connectivity index (χ3v) is 12.7. The summed E-state index contributed by atoms with van der Waals surface area (Å²) in [6.45, 7) is 0. The van der Waals surface area contributed by atoms with E-state index in [0.717, 1.165) is 66.5 Å². The molecule has 0 fully saturated rings. The summed E-state index contributed by atoms with van der Waals surface area (Å²) in [5.41, 5.74) is 11.5. The van der Waals surface area contributed by atoms with Gasteiger partial charge in [-0.05, 0) is 91.0 Å². The molecule has 0 amide bonds. The number of halogens is 3. The predicted molar refractivity (Wildman–Crippen MR) is 276 cm³/mol. The molecule has 4 heterocycles. The fourth-order valence-electron chi connectivity index (χ4n) is 9.36. The molecule has 0 aliphatic heterocycles. The van der Waals surface area contributed by atoms with Crippen molar-refractivity contribution >= 4 is 33.1 Å². The van der Waals surface area contributed by atoms with Crippen molar-refractivity contribution in [2.75, 3.05) is 0 Å². The third kappa shape index (κ3) is 7.54. The van der Waals surface area contributed by atoms with E-state index in [1.807, 2.05) is 177 Å². The van der Waals surface area contributed by atoms with Crippen LogP contribution < -0.4 is 0 Å². The van der Waals surface area contributed by atoms with Crippen LogP contribution >= 0.6 is 0 Å². The van der Waals surface area contributed by atoms with E-state index in [1.54, 1.807) is 18.2 Å². The first-order valence-corrected chi connectivity index (χ1v) is 23.2. The van der Waals surface area contributed by atoms with E-state index < -0.39 is 0 Å². The molecule has 72 heavy (non-hydrogen) atoms. The van der Waals surface area contributed by atoms with Crippen molar-refractivity contribution in [3.63, 3.8) is 0 Å². The number of hydrogen-bond donors (Lipinski definition) is 0. The highest BCUT2D eigenvalue weighted by Crippen LogP contribution is 2.35. The maximum absolute atomic E-state index is 14.6. The molecule has 0 aliphatic rings. The Kier molecular flexibility index (Phi) is 10.2. The first-order valence-electron chi connectivity index (χ1n) is 23.2. The fourth-order valence-corrected chi connectivity index (χ4v) is 9.36. The standard InChI is InChI=1S/C60H36F3N9/c61-43-10-7-13-46(34-43)70-52-19-4-1-16-49(52)64-58(70)40-28-22-37(23-29-40)55-67-56(38-24-30-41(31-25-38)59-65-50-17-2-5-20-53(50)71(59)47-14-8-11-44(62)35-47)69-57(68-55)39-26-32-42(33-27-39)60-66-51-18-3-6-21-54(51)72(60)48-15-9-12-45(63)36-48/h1-36H. The van der Waals surface area contributed by atoms with E-state index in [2.05, 4.69) is 0 Å². The summed E-state index contributed by atoms with van der Waals surface area (Å²) in [6, 6.07) is 66.3. The zero-order valence-electron chi connectivity index (χ0n) is 37.9. The normalized spacial score (nSPS) is 11.5. The fraction of sp³-hybridized carbons (Fsp3) is 0. The van der Waals surface area contributed by atoms with Crippen molar-refractivity contribution in [1.29, 1.82) is 0 Å². The summed E-state index contributed by atoms with van der Waals surface area (Å²) in [5, 5.41) is 0. The van der Waals surface area contributed by atoms with Gasteiger partial charge < -0.3 is 0 Å². The first-order chi connectivity index (χ1) is 35.4. The summed E-state index contributed by atoms with van der Waals surface area (Å²) >= 11 is 0. The van der Waals surface area contributed by atoms with Crippen LogP contribution in [0.25, 0.3) is 118 Å². The van der Waals surface area contributed by atoms with Gasteiger partial charge in [-0.15, -0.1) is 0 Å². The number of imidazole rings is 3. The minimum absolute atomic E-state index is 0.343. The summed E-state index contributed by atoms with van der Waals surface area (Å²) in [4.78, 5) is 30.2. The Morgan fingerprint density at radius 1 is 0.250 bits per heavy atom. The zero-order chi connectivity index (χ0) is 48.3. The molecule has 342 valence electrons. The minimum Gasteiger partial charge on any atom is -0.292 e. The highest BCUT2D eigenvalue weighted by molar-refractivity contribution is 5.86. The van der Waals surface area contributed by atoms with Gasteiger partial charge in [-0.3, -0.25) is 13.7 Å². The van der Waals surface area contributed by atoms with Crippen LogP contribution in [0.15, 0.2) is 218 Å². The van der Waals surface area contributed by atoms with E-state index >= 15 is 0 Å². The van der Waals surface area contributed by atoms with Gasteiger partial charge in [-0.25, -0.2) is 43.1 Å². The molecule has 13 aromatic rings. The number of rotatable bonds is 9. The number of para-hydroxylation sites is 6. The number of benzene rings is 9. The van der Waals surface area contributed by atoms with Crippen LogP contribution in [0.2, 0.25) is 0 Å². The number of nitrogens with zero attached hydrogens (tertiary/aromatic N) is 9. The quantitative estimate of drug-likeness (QED) is 0.143. The summed E-state index contributed by atoms with van der Waals surface area (Å²) in [6.07, 6.45) is 0. The molecular formula is C60H36F3N9. The molecular weight excluding hydrogens is 904 g/mol. The number of hydrogen-bond acceptors (Lipinski definition) is 6. The lowest BCUT2D eigenvalue weighted by atomic mass is 10.1. The van der Waals surface area contributed by atoms with Gasteiger partial charge in [0.15, 0.2) is 17.5 Å². The maximum Gasteiger partial charge on any atom is 0.164 e. The second-order valence-electron chi connectivity index (χ2n) is 17.3. The molecule has 0 unspecified atom stereocenters. The van der Waals surface area contributed by atoms with Crippen LogP contribution in [-0.4, -0.2) is 43.6 Å². The molecule has 0 spiro atoms. The van der Waals surface area contributed by atoms with E-state index in [1.165, 1.54) is 36.4 Å². The van der Waals surface area contributed by atoms with Crippen LogP contribution in [0, 0.1) is 17.5 Å². The SMILES string of the molecule is Fc1cccc(-n2c(-c3ccc(-c4nc(-c5ccc(-c6nc7ccccc7n6-c6cccc(F)c6)cc5)nc(-c5ccc(-c6nc7ccccc7n6-c6cccc(F)c6)cc5)n4)cc3)nc3ccccc32)c1. The molecule has 0 radical (unpaired) electrons. The Morgan fingerprint density at radius 3 is 0.792 bits per heavy atom. The molecule has 13 rings (SSSR count). The van der Waals surface area contributed by atoms with Crippen molar-refractivity contribution in [2.24, 2.45) is 0 Å². The van der Waals surface area contributed by atoms with Crippen LogP contribution in [0.1, 0.15) is 0 Å². The van der Waals surface area contributed by atoms with Gasteiger partial charge >= 0.3 is 0 Å². The monoisotopic (exact) mass is 939 g/mol. The maximum atomic E-state index is 14.6. The summed E-state index contributed by atoms with van der Waals surface area (Å²) in [7, 11) is 0.